The molecule has 0 nitrogen and oxygen atoms in total. The van der Waals surface area contributed by atoms with Crippen LogP contribution < -0.4 is 0 Å². The number of alkyl halides is 1. The molecule has 0 amide bonds. The van der Waals surface area contributed by atoms with Gasteiger partial charge in [0.1, 0.15) is 0 Å². The van der Waals surface area contributed by atoms with E-state index in [0.29, 0.717) is 8.84 Å². The van der Waals surface area contributed by atoms with E-state index in [1.165, 1.54) is 31.2 Å². The minimum Gasteiger partial charge on any atom is -0.0840 e. The minimum absolute atomic E-state index is 0.631. The molecule has 3 aliphatic carbocycles. The molecule has 3 saturated carbocycles. The van der Waals surface area contributed by atoms with Gasteiger partial charge >= 0.3 is 0 Å². The van der Waals surface area contributed by atoms with Gasteiger partial charge in [-0.2, -0.15) is 0 Å². The number of hydrogen-bond donors (Lipinski definition) is 0. The highest BCUT2D eigenvalue weighted by Gasteiger charge is 2.65. The summed E-state index contributed by atoms with van der Waals surface area (Å²) in [5, 5.41) is 0.944. The van der Waals surface area contributed by atoms with Crippen molar-refractivity contribution >= 4 is 34.2 Å². The van der Waals surface area contributed by atoms with Crippen molar-refractivity contribution in [3.05, 3.63) is 34.9 Å². The normalized spacial score (nSPS) is 38.7. The highest BCUT2D eigenvalue weighted by atomic mass is 127. The van der Waals surface area contributed by atoms with Crippen LogP contribution in [0.5, 0.6) is 0 Å². The van der Waals surface area contributed by atoms with Crippen LogP contribution in [0.15, 0.2) is 24.3 Å². The van der Waals surface area contributed by atoms with Crippen LogP contribution in [-0.2, 0) is 6.42 Å². The standard InChI is InChI=1S/C12H12ClI/c13-10-4-2-1-3-9(10)5-11-6-12(14,7-11)8-11/h1-4H,5-8H2. The fourth-order valence-corrected chi connectivity index (χ4v) is 5.72. The van der Waals surface area contributed by atoms with Crippen molar-refractivity contribution in [3.63, 3.8) is 0 Å². The molecule has 0 atom stereocenters. The van der Waals surface area contributed by atoms with Crippen molar-refractivity contribution in [1.29, 1.82) is 0 Å². The van der Waals surface area contributed by atoms with E-state index < -0.39 is 0 Å². The summed E-state index contributed by atoms with van der Waals surface area (Å²) < 4.78 is 0.680. The quantitative estimate of drug-likeness (QED) is 0.565. The Kier molecular flexibility index (Phi) is 1.95. The summed E-state index contributed by atoms with van der Waals surface area (Å²) in [4.78, 5) is 0. The van der Waals surface area contributed by atoms with Gasteiger partial charge in [0, 0.05) is 8.44 Å². The highest BCUT2D eigenvalue weighted by Crippen LogP contribution is 2.73. The van der Waals surface area contributed by atoms with Crippen LogP contribution in [0.3, 0.4) is 0 Å². The van der Waals surface area contributed by atoms with Crippen molar-refractivity contribution in [3.8, 4) is 0 Å². The molecule has 0 heterocycles. The van der Waals surface area contributed by atoms with E-state index >= 15 is 0 Å². The molecule has 0 radical (unpaired) electrons. The van der Waals surface area contributed by atoms with Crippen molar-refractivity contribution in [2.45, 2.75) is 29.1 Å². The molecular weight excluding hydrogens is 306 g/mol. The molecule has 0 aliphatic heterocycles. The second-order valence-corrected chi connectivity index (χ2v) is 7.64. The fourth-order valence-electron chi connectivity index (χ4n) is 3.09. The van der Waals surface area contributed by atoms with Gasteiger partial charge in [-0.25, -0.2) is 0 Å². The Morgan fingerprint density at radius 2 is 1.86 bits per heavy atom. The molecule has 14 heavy (non-hydrogen) atoms. The van der Waals surface area contributed by atoms with E-state index in [1.807, 2.05) is 12.1 Å². The monoisotopic (exact) mass is 318 g/mol. The fraction of sp³-hybridized carbons (Fsp3) is 0.500. The molecule has 1 aromatic rings. The van der Waals surface area contributed by atoms with Gasteiger partial charge in [-0.1, -0.05) is 52.4 Å². The Morgan fingerprint density at radius 3 is 2.43 bits per heavy atom. The first-order chi connectivity index (χ1) is 6.61. The Labute approximate surface area is 103 Å². The third-order valence-electron chi connectivity index (χ3n) is 3.60. The lowest BCUT2D eigenvalue weighted by atomic mass is 9.43. The summed E-state index contributed by atoms with van der Waals surface area (Å²) in [6.45, 7) is 0. The van der Waals surface area contributed by atoms with Crippen molar-refractivity contribution in [2.75, 3.05) is 0 Å². The third-order valence-corrected chi connectivity index (χ3v) is 5.11. The largest absolute Gasteiger partial charge is 0.0840 e. The predicted octanol–water partition coefficient (Wildman–Crippen LogP) is 4.24. The zero-order valence-electron chi connectivity index (χ0n) is 7.89. The Bertz CT molecular complexity index is 366. The lowest BCUT2D eigenvalue weighted by Gasteiger charge is -2.68. The van der Waals surface area contributed by atoms with Gasteiger partial charge in [-0.15, -0.1) is 0 Å². The van der Waals surface area contributed by atoms with Crippen LogP contribution in [-0.4, -0.2) is 3.42 Å². The van der Waals surface area contributed by atoms with E-state index in [4.69, 9.17) is 11.6 Å². The van der Waals surface area contributed by atoms with E-state index in [9.17, 15) is 0 Å². The van der Waals surface area contributed by atoms with Crippen molar-refractivity contribution in [2.24, 2.45) is 5.41 Å². The first kappa shape index (κ1) is 9.46. The zero-order chi connectivity index (χ0) is 9.81. The SMILES string of the molecule is Clc1ccccc1CC12CC(I)(C1)C2. The Hall–Kier alpha value is 0.240. The maximum absolute atomic E-state index is 6.16. The predicted molar refractivity (Wildman–Crippen MR) is 68.2 cm³/mol. The topological polar surface area (TPSA) is 0 Å². The van der Waals surface area contributed by atoms with Crippen LogP contribution in [0.4, 0.5) is 0 Å². The number of rotatable bonds is 2. The van der Waals surface area contributed by atoms with Crippen molar-refractivity contribution < 1.29 is 0 Å². The van der Waals surface area contributed by atoms with Gasteiger partial charge in [-0.3, -0.25) is 0 Å². The Morgan fingerprint density at radius 1 is 1.21 bits per heavy atom. The first-order valence-electron chi connectivity index (χ1n) is 5.03. The molecule has 0 saturated heterocycles. The maximum Gasteiger partial charge on any atom is 0.0438 e. The average molecular weight is 319 g/mol. The van der Waals surface area contributed by atoms with E-state index in [0.717, 1.165) is 5.02 Å². The second-order valence-electron chi connectivity index (χ2n) is 4.95. The second kappa shape index (κ2) is 2.88. The van der Waals surface area contributed by atoms with Gasteiger partial charge < -0.3 is 0 Å². The van der Waals surface area contributed by atoms with Crippen LogP contribution in [0.1, 0.15) is 24.8 Å². The summed E-state index contributed by atoms with van der Waals surface area (Å²) >= 11 is 8.78. The molecule has 4 rings (SSSR count). The smallest absolute Gasteiger partial charge is 0.0438 e. The number of benzene rings is 1. The van der Waals surface area contributed by atoms with Gasteiger partial charge in [-0.05, 0) is 42.7 Å². The summed E-state index contributed by atoms with van der Waals surface area (Å²) in [6.07, 6.45) is 5.42. The Balaban J connectivity index is 1.77. The summed E-state index contributed by atoms with van der Waals surface area (Å²) in [5.74, 6) is 0. The average Bonchev–Trinajstić information content (AvgIpc) is 2.04. The van der Waals surface area contributed by atoms with Gasteiger partial charge in [0.05, 0.1) is 0 Å². The molecule has 0 aromatic heterocycles. The van der Waals surface area contributed by atoms with Gasteiger partial charge in [0.15, 0.2) is 0 Å². The lowest BCUT2D eigenvalue weighted by Crippen LogP contribution is -2.63. The molecule has 2 heteroatoms. The molecular formula is C12H12ClI. The molecule has 3 fully saturated rings. The van der Waals surface area contributed by atoms with Crippen LogP contribution in [0.25, 0.3) is 0 Å². The van der Waals surface area contributed by atoms with E-state index in [-0.39, 0.29) is 0 Å². The molecule has 2 bridgehead atoms. The van der Waals surface area contributed by atoms with E-state index in [2.05, 4.69) is 34.7 Å². The summed E-state index contributed by atoms with van der Waals surface area (Å²) in [6, 6.07) is 8.27. The minimum atomic E-state index is 0.631. The molecule has 0 N–H and O–H groups in total. The van der Waals surface area contributed by atoms with Crippen molar-refractivity contribution in [1.82, 2.24) is 0 Å². The molecule has 74 valence electrons. The maximum atomic E-state index is 6.16. The third kappa shape index (κ3) is 1.32. The van der Waals surface area contributed by atoms with Gasteiger partial charge in [0.25, 0.3) is 0 Å². The summed E-state index contributed by atoms with van der Waals surface area (Å²) in [5.41, 5.74) is 1.97. The number of halogens is 2. The highest BCUT2D eigenvalue weighted by molar-refractivity contribution is 14.1. The van der Waals surface area contributed by atoms with Crippen LogP contribution in [0, 0.1) is 5.41 Å². The first-order valence-corrected chi connectivity index (χ1v) is 6.49. The molecule has 0 spiro atoms. The van der Waals surface area contributed by atoms with Gasteiger partial charge in [0.2, 0.25) is 0 Å². The molecule has 0 unspecified atom stereocenters. The van der Waals surface area contributed by atoms with Crippen LogP contribution >= 0.6 is 34.2 Å². The lowest BCUT2D eigenvalue weighted by molar-refractivity contribution is -0.0614. The number of hydrogen-bond acceptors (Lipinski definition) is 0. The molecule has 1 aromatic carbocycles. The van der Waals surface area contributed by atoms with E-state index in [1.54, 1.807) is 0 Å². The summed E-state index contributed by atoms with van der Waals surface area (Å²) in [7, 11) is 0. The zero-order valence-corrected chi connectivity index (χ0v) is 10.8. The molecule has 3 aliphatic rings. The van der Waals surface area contributed by atoms with Crippen LogP contribution in [0.2, 0.25) is 5.02 Å².